The van der Waals surface area contributed by atoms with Crippen LogP contribution in [0.15, 0.2) is 48.5 Å². The minimum Gasteiger partial charge on any atom is -0.490 e. The van der Waals surface area contributed by atoms with Crippen molar-refractivity contribution in [3.05, 3.63) is 64.2 Å². The number of rotatable bonds is 7. The predicted molar refractivity (Wildman–Crippen MR) is 85.2 cm³/mol. The highest BCUT2D eigenvalue weighted by molar-refractivity contribution is 6.18. The summed E-state index contributed by atoms with van der Waals surface area (Å²) in [5.41, 5.74) is -1.92. The first-order valence-electron chi connectivity index (χ1n) is 7.07. The van der Waals surface area contributed by atoms with Crippen LogP contribution in [0.4, 0.5) is 18.9 Å². The van der Waals surface area contributed by atoms with E-state index in [-0.39, 0.29) is 18.2 Å². The van der Waals surface area contributed by atoms with Crippen molar-refractivity contribution in [3.8, 4) is 11.5 Å². The van der Waals surface area contributed by atoms with Gasteiger partial charge in [-0.2, -0.15) is 13.2 Å². The molecule has 5 nitrogen and oxygen atoms in total. The van der Waals surface area contributed by atoms with E-state index in [1.54, 1.807) is 30.3 Å². The molecule has 0 radical (unpaired) electrons. The van der Waals surface area contributed by atoms with Crippen LogP contribution in [0.3, 0.4) is 0 Å². The van der Waals surface area contributed by atoms with E-state index in [1.807, 2.05) is 0 Å². The summed E-state index contributed by atoms with van der Waals surface area (Å²) in [7, 11) is 0. The van der Waals surface area contributed by atoms with Gasteiger partial charge in [-0.1, -0.05) is 18.2 Å². The van der Waals surface area contributed by atoms with Crippen LogP contribution in [0.25, 0.3) is 0 Å². The van der Waals surface area contributed by atoms with E-state index in [0.717, 1.165) is 6.07 Å². The Labute approximate surface area is 146 Å². The third kappa shape index (κ3) is 5.25. The molecular weight excluding hydrogens is 363 g/mol. The Morgan fingerprint density at radius 1 is 1.16 bits per heavy atom. The number of alkyl halides is 4. The van der Waals surface area contributed by atoms with E-state index < -0.39 is 28.5 Å². The summed E-state index contributed by atoms with van der Waals surface area (Å²) < 4.78 is 48.9. The lowest BCUT2D eigenvalue weighted by Crippen LogP contribution is -2.27. The lowest BCUT2D eigenvalue weighted by Gasteiger charge is -2.18. The molecule has 1 atom stereocenters. The van der Waals surface area contributed by atoms with Gasteiger partial charge >= 0.3 is 11.9 Å². The third-order valence-corrected chi connectivity index (χ3v) is 3.47. The molecule has 2 rings (SSSR count). The van der Waals surface area contributed by atoms with Gasteiger partial charge in [0, 0.05) is 6.07 Å². The van der Waals surface area contributed by atoms with Gasteiger partial charge in [0.25, 0.3) is 0 Å². The molecule has 0 spiro atoms. The van der Waals surface area contributed by atoms with Crippen LogP contribution in [0, 0.1) is 10.1 Å². The largest absolute Gasteiger partial charge is 0.490 e. The van der Waals surface area contributed by atoms with Gasteiger partial charge in [-0.3, -0.25) is 10.1 Å². The summed E-state index contributed by atoms with van der Waals surface area (Å²) in [6, 6.07) is 10.8. The number of benzene rings is 2. The predicted octanol–water partition coefficient (Wildman–Crippen LogP) is 4.68. The Morgan fingerprint density at radius 2 is 1.84 bits per heavy atom. The second-order valence-electron chi connectivity index (χ2n) is 4.96. The average Bonchev–Trinajstić information content (AvgIpc) is 2.58. The lowest BCUT2D eigenvalue weighted by atomic mass is 10.2. The standard InChI is InChI=1S/C16H13ClF3NO4/c17-9-13(10-24-12-4-2-1-3-5-12)25-15-7-6-11(16(18,19)20)8-14(15)21(22)23/h1-8,13H,9-10H2. The van der Waals surface area contributed by atoms with Crippen molar-refractivity contribution in [1.29, 1.82) is 0 Å². The Morgan fingerprint density at radius 3 is 2.40 bits per heavy atom. The smallest absolute Gasteiger partial charge is 0.416 e. The molecule has 0 bridgehead atoms. The topological polar surface area (TPSA) is 61.6 Å². The monoisotopic (exact) mass is 375 g/mol. The molecular formula is C16H13ClF3NO4. The zero-order valence-electron chi connectivity index (χ0n) is 12.7. The molecule has 0 aliphatic rings. The van der Waals surface area contributed by atoms with Crippen LogP contribution >= 0.6 is 11.6 Å². The molecule has 2 aromatic carbocycles. The van der Waals surface area contributed by atoms with E-state index in [2.05, 4.69) is 0 Å². The van der Waals surface area contributed by atoms with Crippen molar-refractivity contribution in [2.75, 3.05) is 12.5 Å². The summed E-state index contributed by atoms with van der Waals surface area (Å²) in [5, 5.41) is 11.0. The number of nitro groups is 1. The normalized spacial score (nSPS) is 12.5. The Bertz CT molecular complexity index is 725. The maximum atomic E-state index is 12.7. The summed E-state index contributed by atoms with van der Waals surface area (Å²) in [5.74, 6) is 0.175. The molecule has 0 saturated carbocycles. The fourth-order valence-corrected chi connectivity index (χ4v) is 2.08. The first kappa shape index (κ1) is 18.9. The fourth-order valence-electron chi connectivity index (χ4n) is 1.93. The molecule has 0 heterocycles. The molecule has 0 fully saturated rings. The molecule has 0 amide bonds. The highest BCUT2D eigenvalue weighted by Crippen LogP contribution is 2.36. The van der Waals surface area contributed by atoms with Gasteiger partial charge in [-0.15, -0.1) is 11.6 Å². The minimum absolute atomic E-state index is 0.0221. The van der Waals surface area contributed by atoms with Gasteiger partial charge in [-0.25, -0.2) is 0 Å². The van der Waals surface area contributed by atoms with Crippen molar-refractivity contribution >= 4 is 17.3 Å². The summed E-state index contributed by atoms with van der Waals surface area (Å²) in [6.07, 6.45) is -5.47. The maximum absolute atomic E-state index is 12.7. The lowest BCUT2D eigenvalue weighted by molar-refractivity contribution is -0.386. The molecule has 0 aliphatic carbocycles. The third-order valence-electron chi connectivity index (χ3n) is 3.13. The van der Waals surface area contributed by atoms with Gasteiger partial charge in [0.1, 0.15) is 18.5 Å². The van der Waals surface area contributed by atoms with Crippen LogP contribution in [-0.4, -0.2) is 23.5 Å². The molecule has 25 heavy (non-hydrogen) atoms. The van der Waals surface area contributed by atoms with E-state index in [1.165, 1.54) is 0 Å². The Hall–Kier alpha value is -2.48. The van der Waals surface area contributed by atoms with E-state index in [0.29, 0.717) is 17.9 Å². The van der Waals surface area contributed by atoms with Crippen molar-refractivity contribution < 1.29 is 27.6 Å². The van der Waals surface area contributed by atoms with Crippen molar-refractivity contribution in [2.24, 2.45) is 0 Å². The number of hydrogen-bond donors (Lipinski definition) is 0. The van der Waals surface area contributed by atoms with Crippen LogP contribution in [0.1, 0.15) is 5.56 Å². The van der Waals surface area contributed by atoms with Crippen molar-refractivity contribution in [1.82, 2.24) is 0 Å². The van der Waals surface area contributed by atoms with Gasteiger partial charge in [0.15, 0.2) is 5.75 Å². The molecule has 0 aliphatic heterocycles. The average molecular weight is 376 g/mol. The quantitative estimate of drug-likeness (QED) is 0.400. The van der Waals surface area contributed by atoms with Crippen molar-refractivity contribution in [3.63, 3.8) is 0 Å². The highest BCUT2D eigenvalue weighted by atomic mass is 35.5. The molecule has 1 unspecified atom stereocenters. The van der Waals surface area contributed by atoms with Crippen LogP contribution < -0.4 is 9.47 Å². The summed E-state index contributed by atoms with van der Waals surface area (Å²) in [4.78, 5) is 10.1. The van der Waals surface area contributed by atoms with E-state index in [9.17, 15) is 23.3 Å². The maximum Gasteiger partial charge on any atom is 0.416 e. The fraction of sp³-hybridized carbons (Fsp3) is 0.250. The summed E-state index contributed by atoms with van der Waals surface area (Å²) >= 11 is 5.76. The number of nitrogens with zero attached hydrogens (tertiary/aromatic N) is 1. The van der Waals surface area contributed by atoms with E-state index >= 15 is 0 Å². The van der Waals surface area contributed by atoms with E-state index in [4.69, 9.17) is 21.1 Å². The number of hydrogen-bond acceptors (Lipinski definition) is 4. The SMILES string of the molecule is O=[N+]([O-])c1cc(C(F)(F)F)ccc1OC(CCl)COc1ccccc1. The summed E-state index contributed by atoms with van der Waals surface area (Å²) in [6.45, 7) is -0.0221. The Balaban J connectivity index is 2.14. The zero-order valence-corrected chi connectivity index (χ0v) is 13.5. The number of para-hydroxylation sites is 1. The molecule has 0 saturated heterocycles. The second-order valence-corrected chi connectivity index (χ2v) is 5.26. The minimum atomic E-state index is -4.69. The molecule has 0 aromatic heterocycles. The molecule has 9 heteroatoms. The Kier molecular flexibility index (Phi) is 6.08. The van der Waals surface area contributed by atoms with Gasteiger partial charge in [0.05, 0.1) is 16.4 Å². The molecule has 134 valence electrons. The van der Waals surface area contributed by atoms with Gasteiger partial charge < -0.3 is 9.47 Å². The second kappa shape index (κ2) is 8.06. The highest BCUT2D eigenvalue weighted by Gasteiger charge is 2.33. The van der Waals surface area contributed by atoms with Crippen molar-refractivity contribution in [2.45, 2.75) is 12.3 Å². The first-order chi connectivity index (χ1) is 11.8. The number of nitro benzene ring substituents is 1. The van der Waals surface area contributed by atoms with Gasteiger partial charge in [-0.05, 0) is 24.3 Å². The molecule has 2 aromatic rings. The number of ether oxygens (including phenoxy) is 2. The van der Waals surface area contributed by atoms with Crippen LogP contribution in [0.5, 0.6) is 11.5 Å². The first-order valence-corrected chi connectivity index (χ1v) is 7.61. The van der Waals surface area contributed by atoms with Crippen LogP contribution in [0.2, 0.25) is 0 Å². The zero-order chi connectivity index (χ0) is 18.4. The van der Waals surface area contributed by atoms with Gasteiger partial charge in [0.2, 0.25) is 0 Å². The number of halogens is 4. The van der Waals surface area contributed by atoms with Crippen LogP contribution in [-0.2, 0) is 6.18 Å². The molecule has 0 N–H and O–H groups in total.